The van der Waals surface area contributed by atoms with Crippen LogP contribution < -0.4 is 0 Å². The molecule has 0 aliphatic carbocycles. The number of halogens is 3. The second-order valence-electron chi connectivity index (χ2n) is 5.03. The Hall–Kier alpha value is -0.380. The van der Waals surface area contributed by atoms with Gasteiger partial charge in [-0.1, -0.05) is 12.1 Å². The zero-order chi connectivity index (χ0) is 14.2. The van der Waals surface area contributed by atoms with Crippen molar-refractivity contribution in [1.82, 2.24) is 4.90 Å². The molecule has 0 saturated heterocycles. The molecule has 0 aliphatic rings. The van der Waals surface area contributed by atoms with Crippen LogP contribution in [-0.2, 0) is 25.8 Å². The number of rotatable bonds is 3. The molecule has 132 valence electrons. The van der Waals surface area contributed by atoms with E-state index in [9.17, 15) is 0 Å². The van der Waals surface area contributed by atoms with Crippen LogP contribution in [0.25, 0.3) is 10.8 Å². The van der Waals surface area contributed by atoms with Gasteiger partial charge in [-0.3, -0.25) is 0 Å². The molecule has 0 unspecified atom stereocenters. The van der Waals surface area contributed by atoms with Crippen LogP contribution in [0.2, 0.25) is 0 Å². The van der Waals surface area contributed by atoms with Crippen molar-refractivity contribution in [2.75, 3.05) is 20.6 Å². The Morgan fingerprint density at radius 2 is 1.42 bits per heavy atom. The molecule has 0 atom stereocenters. The number of fused-ring (bicyclic) bond motifs is 1. The van der Waals surface area contributed by atoms with E-state index in [1.54, 1.807) is 0 Å². The number of benzene rings is 2. The van der Waals surface area contributed by atoms with Crippen molar-refractivity contribution < 1.29 is 25.8 Å². The van der Waals surface area contributed by atoms with E-state index >= 15 is 0 Å². The summed E-state index contributed by atoms with van der Waals surface area (Å²) < 4.78 is 0. The van der Waals surface area contributed by atoms with Crippen LogP contribution in [0.15, 0.2) is 72.8 Å². The number of nitrogens with zero attached hydrogens (tertiary/aromatic N) is 1. The van der Waals surface area contributed by atoms with Crippen molar-refractivity contribution >= 4 is 48.0 Å². The van der Waals surface area contributed by atoms with E-state index in [0.29, 0.717) is 0 Å². The molecular weight excluding hydrogens is 527 g/mol. The van der Waals surface area contributed by atoms with Gasteiger partial charge in [-0.15, -0.1) is 79.0 Å². The van der Waals surface area contributed by atoms with Gasteiger partial charge in [-0.05, 0) is 20.6 Å². The summed E-state index contributed by atoms with van der Waals surface area (Å²) in [4.78, 5) is 2.15. The summed E-state index contributed by atoms with van der Waals surface area (Å²) in [7, 11) is 4.14. The van der Waals surface area contributed by atoms with Crippen molar-refractivity contribution in [3.8, 4) is 0 Å². The van der Waals surface area contributed by atoms with E-state index in [2.05, 4.69) is 92.1 Å². The molecule has 3 aromatic carbocycles. The van der Waals surface area contributed by atoms with E-state index in [1.165, 1.54) is 16.3 Å². The van der Waals surface area contributed by atoms with Crippen LogP contribution >= 0.6 is 37.2 Å². The third-order valence-electron chi connectivity index (χ3n) is 3.04. The van der Waals surface area contributed by atoms with E-state index in [4.69, 9.17) is 0 Å². The first-order valence-corrected chi connectivity index (χ1v) is 6.89. The minimum Gasteiger partial charge on any atom is -0.317 e. The average Bonchev–Trinajstić information content (AvgIpc) is 2.95. The van der Waals surface area contributed by atoms with Gasteiger partial charge >= 0.3 is 0 Å². The molecule has 3 aromatic rings. The number of hydrogen-bond acceptors (Lipinski definition) is 1. The van der Waals surface area contributed by atoms with Gasteiger partial charge in [0.25, 0.3) is 0 Å². The summed E-state index contributed by atoms with van der Waals surface area (Å²) in [5, 5.41) is 2.66. The molecule has 0 aliphatic heterocycles. The van der Waals surface area contributed by atoms with Gasteiger partial charge in [0.1, 0.15) is 0 Å². The molecule has 24 heavy (non-hydrogen) atoms. The van der Waals surface area contributed by atoms with Gasteiger partial charge in [0.2, 0.25) is 0 Å². The first-order chi connectivity index (χ1) is 9.75. The monoisotopic (exact) mass is 551 g/mol. The van der Waals surface area contributed by atoms with Crippen LogP contribution in [0.4, 0.5) is 0 Å². The van der Waals surface area contributed by atoms with Gasteiger partial charge in [0.15, 0.2) is 0 Å². The molecule has 0 spiro atoms. The Balaban J connectivity index is -0.000000318. The molecule has 0 amide bonds. The number of hydrogen-bond donors (Lipinski definition) is 0. The van der Waals surface area contributed by atoms with E-state index in [-0.39, 0.29) is 63.1 Å². The Morgan fingerprint density at radius 1 is 0.833 bits per heavy atom. The van der Waals surface area contributed by atoms with Crippen LogP contribution in [0.3, 0.4) is 0 Å². The second kappa shape index (κ2) is 16.1. The molecule has 0 aromatic heterocycles. The Morgan fingerprint density at radius 3 is 2.00 bits per heavy atom. The maximum atomic E-state index is 2.21. The molecule has 0 bridgehead atoms. The smallest absolute Gasteiger partial charge is 0 e. The van der Waals surface area contributed by atoms with Crippen LogP contribution in [-0.4, -0.2) is 25.5 Å². The Kier molecular flexibility index (Phi) is 19.1. The first-order valence-electron chi connectivity index (χ1n) is 6.89. The van der Waals surface area contributed by atoms with Crippen molar-refractivity contribution in [3.63, 3.8) is 0 Å². The van der Waals surface area contributed by atoms with Gasteiger partial charge in [-0.25, -0.2) is 0 Å². The van der Waals surface area contributed by atoms with E-state index < -0.39 is 0 Å². The second-order valence-corrected chi connectivity index (χ2v) is 5.03. The molecule has 0 radical (unpaired) electrons. The van der Waals surface area contributed by atoms with Gasteiger partial charge in [-0.2, -0.15) is 41.6 Å². The Labute approximate surface area is 183 Å². The molecule has 3 rings (SSSR count). The van der Waals surface area contributed by atoms with Crippen molar-refractivity contribution in [2.24, 2.45) is 0 Å². The van der Waals surface area contributed by atoms with Gasteiger partial charge < -0.3 is 4.90 Å². The first kappa shape index (κ1) is 28.4. The standard InChI is InChI=1S/C10H14N.C9H7.3ClH.Hf/c1-11(2)9-8-10-6-4-3-5-7-10;1-2-5-9-7-3-6-8(9)4-1;;;;/h3-8H,9H2,1-2H3;1-7H;3*1H;/q2*-1;;;;. The summed E-state index contributed by atoms with van der Waals surface area (Å²) in [6, 6.07) is 25.0. The zero-order valence-electron chi connectivity index (χ0n) is 13.9. The minimum atomic E-state index is 0. The molecular formula is C19H24Cl3HfN-2. The van der Waals surface area contributed by atoms with Crippen molar-refractivity contribution in [2.45, 2.75) is 0 Å². The fourth-order valence-electron chi connectivity index (χ4n) is 1.95. The van der Waals surface area contributed by atoms with Gasteiger partial charge in [0.05, 0.1) is 0 Å². The molecule has 0 heterocycles. The summed E-state index contributed by atoms with van der Waals surface area (Å²) in [5.74, 6) is 0. The van der Waals surface area contributed by atoms with Crippen LogP contribution in [0.1, 0.15) is 5.56 Å². The van der Waals surface area contributed by atoms with Crippen molar-refractivity contribution in [1.29, 1.82) is 0 Å². The van der Waals surface area contributed by atoms with Crippen molar-refractivity contribution in [3.05, 3.63) is 84.8 Å². The van der Waals surface area contributed by atoms with E-state index in [1.807, 2.05) is 6.07 Å². The predicted molar refractivity (Wildman–Crippen MR) is 110 cm³/mol. The summed E-state index contributed by atoms with van der Waals surface area (Å²) >= 11 is 0. The zero-order valence-corrected chi connectivity index (χ0v) is 19.9. The molecule has 0 saturated carbocycles. The maximum absolute atomic E-state index is 2.21. The Bertz CT molecular complexity index is 596. The fourth-order valence-corrected chi connectivity index (χ4v) is 1.95. The van der Waals surface area contributed by atoms with Crippen LogP contribution in [0.5, 0.6) is 0 Å². The molecule has 0 fully saturated rings. The quantitative estimate of drug-likeness (QED) is 0.302. The SMILES string of the molecule is CN(C)C[CH-]c1ccccc1.Cl.Cl.Cl.[Hf].c1ccc2[cH-]ccc2c1. The predicted octanol–water partition coefficient (Wildman–Crippen LogP) is 5.62. The maximum Gasteiger partial charge on any atom is 0 e. The summed E-state index contributed by atoms with van der Waals surface area (Å²) in [5.41, 5.74) is 1.29. The average molecular weight is 551 g/mol. The normalized spacial score (nSPS) is 8.46. The van der Waals surface area contributed by atoms with Crippen LogP contribution in [0, 0.1) is 6.42 Å². The molecule has 5 heteroatoms. The third kappa shape index (κ3) is 10.5. The molecule has 0 N–H and O–H groups in total. The number of likely N-dealkylation sites (N-methyl/N-ethyl adjacent to an activating group) is 1. The topological polar surface area (TPSA) is 3.24 Å². The third-order valence-corrected chi connectivity index (χ3v) is 3.04. The fraction of sp³-hybridized carbons (Fsp3) is 0.158. The summed E-state index contributed by atoms with van der Waals surface area (Å²) in [6.07, 6.45) is 2.21. The molecule has 1 nitrogen and oxygen atoms in total. The van der Waals surface area contributed by atoms with Gasteiger partial charge in [0, 0.05) is 25.8 Å². The van der Waals surface area contributed by atoms with E-state index in [0.717, 1.165) is 6.54 Å². The largest absolute Gasteiger partial charge is 0.317 e. The summed E-state index contributed by atoms with van der Waals surface area (Å²) in [6.45, 7) is 1.00. The minimum absolute atomic E-state index is 0.